The van der Waals surface area contributed by atoms with Gasteiger partial charge in [-0.05, 0) is 6.92 Å². The quantitative estimate of drug-likeness (QED) is 0.570. The summed E-state index contributed by atoms with van der Waals surface area (Å²) in [7, 11) is 0. The molecule has 0 aliphatic carbocycles. The Bertz CT molecular complexity index is 202. The van der Waals surface area contributed by atoms with Crippen molar-refractivity contribution < 1.29 is 14.7 Å². The number of carbonyl (C=O) groups is 1. The minimum absolute atomic E-state index is 0.493. The highest BCUT2D eigenvalue weighted by Gasteiger charge is 2.30. The Labute approximate surface area is 63.8 Å². The molecule has 0 aromatic carbocycles. The van der Waals surface area contributed by atoms with Crippen LogP contribution in [0.25, 0.3) is 0 Å². The van der Waals surface area contributed by atoms with Gasteiger partial charge in [0, 0.05) is 6.42 Å². The summed E-state index contributed by atoms with van der Waals surface area (Å²) in [5.41, 5.74) is 6.07. The van der Waals surface area contributed by atoms with Crippen LogP contribution in [0.5, 0.6) is 0 Å². The minimum atomic E-state index is -1.06. The third-order valence-corrected chi connectivity index (χ3v) is 1.53. The van der Waals surface area contributed by atoms with Gasteiger partial charge in [-0.1, -0.05) is 5.16 Å². The molecular formula is C6H10N2O3. The highest BCUT2D eigenvalue weighted by molar-refractivity contribution is 5.84. The molecule has 0 aromatic heterocycles. The molecule has 1 heterocycles. The summed E-state index contributed by atoms with van der Waals surface area (Å²) < 4.78 is 0. The van der Waals surface area contributed by atoms with E-state index in [1.165, 1.54) is 0 Å². The molecule has 0 spiro atoms. The van der Waals surface area contributed by atoms with Gasteiger partial charge in [-0.15, -0.1) is 0 Å². The van der Waals surface area contributed by atoms with Crippen LogP contribution in [0, 0.1) is 0 Å². The lowest BCUT2D eigenvalue weighted by atomic mass is 10.1. The number of rotatable bonds is 2. The largest absolute Gasteiger partial charge is 0.480 e. The molecule has 0 saturated heterocycles. The molecule has 2 atom stereocenters. The maximum absolute atomic E-state index is 10.3. The van der Waals surface area contributed by atoms with Crippen molar-refractivity contribution in [1.82, 2.24) is 0 Å². The maximum atomic E-state index is 10.3. The average molecular weight is 158 g/mol. The van der Waals surface area contributed by atoms with E-state index in [-0.39, 0.29) is 0 Å². The lowest BCUT2D eigenvalue weighted by molar-refractivity contribution is -0.141. The number of hydrogen-bond donors (Lipinski definition) is 2. The highest BCUT2D eigenvalue weighted by Crippen LogP contribution is 2.12. The fourth-order valence-corrected chi connectivity index (χ4v) is 0.875. The van der Waals surface area contributed by atoms with Crippen LogP contribution < -0.4 is 5.73 Å². The molecule has 3 N–H and O–H groups in total. The Morgan fingerprint density at radius 1 is 2.00 bits per heavy atom. The van der Waals surface area contributed by atoms with E-state index in [4.69, 9.17) is 15.7 Å². The molecule has 1 rings (SSSR count). The second kappa shape index (κ2) is 2.87. The SMILES string of the molecule is CC1=NO[C@@H]([C@H](N)C(=O)O)C1. The zero-order valence-corrected chi connectivity index (χ0v) is 6.15. The van der Waals surface area contributed by atoms with Gasteiger partial charge in [-0.2, -0.15) is 0 Å². The molecular weight excluding hydrogens is 148 g/mol. The second-order valence-electron chi connectivity index (χ2n) is 2.54. The summed E-state index contributed by atoms with van der Waals surface area (Å²) in [5.74, 6) is -1.06. The van der Waals surface area contributed by atoms with Gasteiger partial charge in [0.25, 0.3) is 0 Å². The number of nitrogens with two attached hydrogens (primary N) is 1. The molecule has 0 radical (unpaired) electrons. The standard InChI is InChI=1S/C6H10N2O3/c1-3-2-4(11-8-3)5(7)6(9)10/h4-5H,2,7H2,1H3,(H,9,10)/t4-,5+/m1/s1. The Balaban J connectivity index is 2.47. The lowest BCUT2D eigenvalue weighted by Gasteiger charge is -2.11. The van der Waals surface area contributed by atoms with Crippen LogP contribution in [0.3, 0.4) is 0 Å². The van der Waals surface area contributed by atoms with Gasteiger partial charge in [0.2, 0.25) is 0 Å². The minimum Gasteiger partial charge on any atom is -0.480 e. The number of carboxylic acid groups (broad SMARTS) is 1. The summed E-state index contributed by atoms with van der Waals surface area (Å²) in [6.45, 7) is 1.77. The normalized spacial score (nSPS) is 25.6. The fourth-order valence-electron chi connectivity index (χ4n) is 0.875. The zero-order valence-electron chi connectivity index (χ0n) is 6.15. The number of nitrogens with zero attached hydrogens (tertiary/aromatic N) is 1. The smallest absolute Gasteiger partial charge is 0.324 e. The third-order valence-electron chi connectivity index (χ3n) is 1.53. The molecule has 0 aromatic rings. The van der Waals surface area contributed by atoms with Crippen molar-refractivity contribution in [3.63, 3.8) is 0 Å². The topological polar surface area (TPSA) is 84.9 Å². The van der Waals surface area contributed by atoms with Gasteiger partial charge in [0.15, 0.2) is 6.10 Å². The van der Waals surface area contributed by atoms with Crippen molar-refractivity contribution in [2.24, 2.45) is 10.9 Å². The monoisotopic (exact) mass is 158 g/mol. The van der Waals surface area contributed by atoms with Crippen molar-refractivity contribution in [1.29, 1.82) is 0 Å². The Kier molecular flexibility index (Phi) is 2.09. The van der Waals surface area contributed by atoms with Crippen LogP contribution in [-0.2, 0) is 9.63 Å². The van der Waals surface area contributed by atoms with Gasteiger partial charge >= 0.3 is 5.97 Å². The summed E-state index contributed by atoms with van der Waals surface area (Å²) in [6, 6.07) is -0.976. The Hall–Kier alpha value is -1.10. The van der Waals surface area contributed by atoms with Gasteiger partial charge in [-0.25, -0.2) is 0 Å². The average Bonchev–Trinajstić information content (AvgIpc) is 2.34. The van der Waals surface area contributed by atoms with E-state index < -0.39 is 18.1 Å². The van der Waals surface area contributed by atoms with Crippen LogP contribution >= 0.6 is 0 Å². The first-order valence-corrected chi connectivity index (χ1v) is 3.29. The first-order chi connectivity index (χ1) is 5.11. The van der Waals surface area contributed by atoms with E-state index in [2.05, 4.69) is 5.16 Å². The van der Waals surface area contributed by atoms with Gasteiger partial charge < -0.3 is 15.7 Å². The summed E-state index contributed by atoms with van der Waals surface area (Å²) in [6.07, 6.45) is 0.0144. The molecule has 1 aliphatic heterocycles. The molecule has 0 saturated carbocycles. The first kappa shape index (κ1) is 8.00. The van der Waals surface area contributed by atoms with Crippen LogP contribution in [-0.4, -0.2) is 28.9 Å². The fraction of sp³-hybridized carbons (Fsp3) is 0.667. The predicted molar refractivity (Wildman–Crippen MR) is 38.2 cm³/mol. The van der Waals surface area contributed by atoms with Crippen molar-refractivity contribution in [2.45, 2.75) is 25.5 Å². The van der Waals surface area contributed by atoms with Crippen molar-refractivity contribution in [2.75, 3.05) is 0 Å². The molecule has 0 bridgehead atoms. The van der Waals surface area contributed by atoms with E-state index in [1.54, 1.807) is 6.92 Å². The molecule has 1 aliphatic rings. The van der Waals surface area contributed by atoms with Gasteiger partial charge in [0.05, 0.1) is 5.71 Å². The molecule has 0 amide bonds. The van der Waals surface area contributed by atoms with Crippen LogP contribution in [0.15, 0.2) is 5.16 Å². The van der Waals surface area contributed by atoms with Crippen LogP contribution in [0.1, 0.15) is 13.3 Å². The predicted octanol–water partition coefficient (Wildman–Crippen LogP) is -0.437. The highest BCUT2D eigenvalue weighted by atomic mass is 16.6. The summed E-state index contributed by atoms with van der Waals surface area (Å²) in [5, 5.41) is 12.1. The van der Waals surface area contributed by atoms with Crippen LogP contribution in [0.2, 0.25) is 0 Å². The molecule has 5 nitrogen and oxygen atoms in total. The van der Waals surface area contributed by atoms with Gasteiger partial charge in [-0.3, -0.25) is 4.79 Å². The van der Waals surface area contributed by atoms with E-state index >= 15 is 0 Å². The van der Waals surface area contributed by atoms with E-state index in [9.17, 15) is 4.79 Å². The lowest BCUT2D eigenvalue weighted by Crippen LogP contribution is -2.41. The van der Waals surface area contributed by atoms with E-state index in [0.717, 1.165) is 5.71 Å². The van der Waals surface area contributed by atoms with E-state index in [0.29, 0.717) is 6.42 Å². The molecule has 11 heavy (non-hydrogen) atoms. The Morgan fingerprint density at radius 2 is 2.64 bits per heavy atom. The first-order valence-electron chi connectivity index (χ1n) is 3.29. The van der Waals surface area contributed by atoms with Crippen molar-refractivity contribution >= 4 is 11.7 Å². The number of oxime groups is 1. The van der Waals surface area contributed by atoms with Gasteiger partial charge in [0.1, 0.15) is 6.04 Å². The number of hydrogen-bond acceptors (Lipinski definition) is 4. The maximum Gasteiger partial charge on any atom is 0.324 e. The molecule has 5 heteroatoms. The zero-order chi connectivity index (χ0) is 8.43. The Morgan fingerprint density at radius 3 is 3.00 bits per heavy atom. The number of carboxylic acids is 1. The summed E-state index contributed by atoms with van der Waals surface area (Å²) >= 11 is 0. The van der Waals surface area contributed by atoms with Crippen LogP contribution in [0.4, 0.5) is 0 Å². The van der Waals surface area contributed by atoms with Crippen molar-refractivity contribution in [3.8, 4) is 0 Å². The van der Waals surface area contributed by atoms with Crippen molar-refractivity contribution in [3.05, 3.63) is 0 Å². The molecule has 0 unspecified atom stereocenters. The second-order valence-corrected chi connectivity index (χ2v) is 2.54. The number of aliphatic carboxylic acids is 1. The third kappa shape index (κ3) is 1.68. The summed E-state index contributed by atoms with van der Waals surface area (Å²) in [4.78, 5) is 15.1. The molecule has 62 valence electrons. The van der Waals surface area contributed by atoms with E-state index in [1.807, 2.05) is 0 Å². The molecule has 0 fully saturated rings.